The van der Waals surface area contributed by atoms with E-state index in [1.54, 1.807) is 12.1 Å². The van der Waals surface area contributed by atoms with Crippen LogP contribution in [-0.2, 0) is 14.8 Å². The van der Waals surface area contributed by atoms with Crippen molar-refractivity contribution in [3.05, 3.63) is 29.8 Å². The van der Waals surface area contributed by atoms with E-state index >= 15 is 0 Å². The first-order valence-corrected chi connectivity index (χ1v) is 7.25. The molecule has 7 heteroatoms. The van der Waals surface area contributed by atoms with E-state index in [0.717, 1.165) is 0 Å². The third-order valence-electron chi connectivity index (χ3n) is 2.90. The van der Waals surface area contributed by atoms with Crippen molar-refractivity contribution in [1.29, 1.82) is 5.26 Å². The summed E-state index contributed by atoms with van der Waals surface area (Å²) in [6.07, 6.45) is 0.133. The number of hydrogen-bond donors (Lipinski definition) is 1. The Morgan fingerprint density at radius 2 is 2.00 bits per heavy atom. The van der Waals surface area contributed by atoms with Gasteiger partial charge in [-0.05, 0) is 12.1 Å². The van der Waals surface area contributed by atoms with Crippen LogP contribution in [0.25, 0.3) is 0 Å². The standard InChI is InChI=1S/C12H13N3O3S/c13-9-10-3-1-2-4-11(10)19(17,18)15-7-5-12(16)14-6-8-15/h1-4H,5-8H2,(H,14,16). The van der Waals surface area contributed by atoms with E-state index in [4.69, 9.17) is 5.26 Å². The normalized spacial score (nSPS) is 17.3. The number of benzene rings is 1. The number of carbonyl (C=O) groups is 1. The first-order valence-electron chi connectivity index (χ1n) is 5.81. The molecule has 0 aromatic heterocycles. The molecule has 1 amide bonds. The molecule has 0 unspecified atom stereocenters. The Morgan fingerprint density at radius 1 is 1.26 bits per heavy atom. The van der Waals surface area contributed by atoms with Crippen LogP contribution in [0.1, 0.15) is 12.0 Å². The monoisotopic (exact) mass is 279 g/mol. The van der Waals surface area contributed by atoms with Crippen molar-refractivity contribution < 1.29 is 13.2 Å². The molecule has 0 saturated carbocycles. The second-order valence-corrected chi connectivity index (χ2v) is 6.02. The minimum absolute atomic E-state index is 0.00755. The zero-order valence-corrected chi connectivity index (χ0v) is 11.0. The third-order valence-corrected chi connectivity index (χ3v) is 4.85. The maximum absolute atomic E-state index is 12.5. The third kappa shape index (κ3) is 2.75. The van der Waals surface area contributed by atoms with Gasteiger partial charge in [0.25, 0.3) is 0 Å². The molecule has 19 heavy (non-hydrogen) atoms. The van der Waals surface area contributed by atoms with E-state index in [2.05, 4.69) is 5.32 Å². The molecule has 0 radical (unpaired) electrons. The molecule has 1 N–H and O–H groups in total. The molecule has 100 valence electrons. The minimum Gasteiger partial charge on any atom is -0.355 e. The van der Waals surface area contributed by atoms with Crippen molar-refractivity contribution in [2.45, 2.75) is 11.3 Å². The van der Waals surface area contributed by atoms with Gasteiger partial charge in [-0.15, -0.1) is 0 Å². The Hall–Kier alpha value is -1.91. The summed E-state index contributed by atoms with van der Waals surface area (Å²) in [7, 11) is -3.73. The SMILES string of the molecule is N#Cc1ccccc1S(=O)(=O)N1CCNC(=O)CC1. The molecule has 0 atom stereocenters. The Kier molecular flexibility index (Phi) is 3.83. The predicted molar refractivity (Wildman–Crippen MR) is 67.5 cm³/mol. The van der Waals surface area contributed by atoms with Gasteiger partial charge in [0.1, 0.15) is 6.07 Å². The lowest BCUT2D eigenvalue weighted by atomic mass is 10.2. The number of carbonyl (C=O) groups excluding carboxylic acids is 1. The summed E-state index contributed by atoms with van der Waals surface area (Å²) >= 11 is 0. The highest BCUT2D eigenvalue weighted by molar-refractivity contribution is 7.89. The number of nitrogens with one attached hydrogen (secondary N) is 1. The summed E-state index contributed by atoms with van der Waals surface area (Å²) < 4.78 is 26.2. The number of amides is 1. The Labute approximate surface area is 111 Å². The van der Waals surface area contributed by atoms with Crippen LogP contribution in [0.15, 0.2) is 29.2 Å². The summed E-state index contributed by atoms with van der Waals surface area (Å²) in [6.45, 7) is 0.633. The number of sulfonamides is 1. The van der Waals surface area contributed by atoms with Crippen molar-refractivity contribution >= 4 is 15.9 Å². The van der Waals surface area contributed by atoms with Crippen LogP contribution in [0.4, 0.5) is 0 Å². The largest absolute Gasteiger partial charge is 0.355 e. The predicted octanol–water partition coefficient (Wildman–Crippen LogP) is 0.0689. The topological polar surface area (TPSA) is 90.3 Å². The van der Waals surface area contributed by atoms with Gasteiger partial charge in [-0.25, -0.2) is 8.42 Å². The molecular weight excluding hydrogens is 266 g/mol. The van der Waals surface area contributed by atoms with Crippen molar-refractivity contribution in [3.8, 4) is 6.07 Å². The summed E-state index contributed by atoms with van der Waals surface area (Å²) in [5.74, 6) is -0.161. The first-order chi connectivity index (χ1) is 9.05. The zero-order chi connectivity index (χ0) is 13.9. The summed E-state index contributed by atoms with van der Waals surface area (Å²) in [6, 6.07) is 7.95. The van der Waals surface area contributed by atoms with E-state index in [1.807, 2.05) is 6.07 Å². The van der Waals surface area contributed by atoms with Gasteiger partial charge in [0.2, 0.25) is 15.9 Å². The number of nitriles is 1. The summed E-state index contributed by atoms with van der Waals surface area (Å²) in [5.41, 5.74) is 0.117. The number of hydrogen-bond acceptors (Lipinski definition) is 4. The van der Waals surface area contributed by atoms with Gasteiger partial charge in [0.05, 0.1) is 10.5 Å². The average Bonchev–Trinajstić information content (AvgIpc) is 2.64. The van der Waals surface area contributed by atoms with Gasteiger partial charge < -0.3 is 5.32 Å². The van der Waals surface area contributed by atoms with Crippen LogP contribution >= 0.6 is 0 Å². The molecule has 1 aromatic rings. The highest BCUT2D eigenvalue weighted by atomic mass is 32.2. The highest BCUT2D eigenvalue weighted by Gasteiger charge is 2.28. The van der Waals surface area contributed by atoms with Crippen molar-refractivity contribution in [2.75, 3.05) is 19.6 Å². The maximum Gasteiger partial charge on any atom is 0.244 e. The molecular formula is C12H13N3O3S. The van der Waals surface area contributed by atoms with Crippen molar-refractivity contribution in [2.24, 2.45) is 0 Å². The molecule has 2 rings (SSSR count). The van der Waals surface area contributed by atoms with Crippen LogP contribution in [0, 0.1) is 11.3 Å². The van der Waals surface area contributed by atoms with Gasteiger partial charge >= 0.3 is 0 Å². The number of nitrogens with zero attached hydrogens (tertiary/aromatic N) is 2. The maximum atomic E-state index is 12.5. The van der Waals surface area contributed by atoms with Crippen LogP contribution in [0.3, 0.4) is 0 Å². The summed E-state index contributed by atoms with van der Waals surface area (Å²) in [4.78, 5) is 11.2. The van der Waals surface area contributed by atoms with Gasteiger partial charge in [-0.3, -0.25) is 4.79 Å². The molecule has 1 heterocycles. The van der Waals surface area contributed by atoms with Crippen LogP contribution in [0.2, 0.25) is 0 Å². The molecule has 0 aliphatic carbocycles. The smallest absolute Gasteiger partial charge is 0.244 e. The van der Waals surface area contributed by atoms with Crippen molar-refractivity contribution in [3.63, 3.8) is 0 Å². The van der Waals surface area contributed by atoms with E-state index in [1.165, 1.54) is 16.4 Å². The molecule has 0 spiro atoms. The van der Waals surface area contributed by atoms with Gasteiger partial charge in [-0.2, -0.15) is 9.57 Å². The van der Waals surface area contributed by atoms with Crippen molar-refractivity contribution in [1.82, 2.24) is 9.62 Å². The summed E-state index contributed by atoms with van der Waals surface area (Å²) in [5, 5.41) is 11.6. The minimum atomic E-state index is -3.73. The number of rotatable bonds is 2. The Morgan fingerprint density at radius 3 is 2.74 bits per heavy atom. The fraction of sp³-hybridized carbons (Fsp3) is 0.333. The zero-order valence-electron chi connectivity index (χ0n) is 10.2. The van der Waals surface area contributed by atoms with Crippen LogP contribution < -0.4 is 5.32 Å². The lowest BCUT2D eigenvalue weighted by Gasteiger charge is -2.19. The van der Waals surface area contributed by atoms with Gasteiger partial charge in [0.15, 0.2) is 0 Å². The van der Waals surface area contributed by atoms with Crippen LogP contribution in [0.5, 0.6) is 0 Å². The Balaban J connectivity index is 2.37. The quantitative estimate of drug-likeness (QED) is 0.829. The second-order valence-electron chi connectivity index (χ2n) is 4.11. The van der Waals surface area contributed by atoms with E-state index in [9.17, 15) is 13.2 Å². The van der Waals surface area contributed by atoms with E-state index < -0.39 is 10.0 Å². The van der Waals surface area contributed by atoms with Gasteiger partial charge in [-0.1, -0.05) is 12.1 Å². The lowest BCUT2D eigenvalue weighted by Crippen LogP contribution is -2.34. The average molecular weight is 279 g/mol. The molecule has 1 aliphatic heterocycles. The van der Waals surface area contributed by atoms with E-state index in [-0.39, 0.29) is 42.4 Å². The highest BCUT2D eigenvalue weighted by Crippen LogP contribution is 2.20. The fourth-order valence-electron chi connectivity index (χ4n) is 1.91. The van der Waals surface area contributed by atoms with Gasteiger partial charge in [0, 0.05) is 26.1 Å². The molecule has 1 fully saturated rings. The lowest BCUT2D eigenvalue weighted by molar-refractivity contribution is -0.120. The molecule has 1 saturated heterocycles. The fourth-order valence-corrected chi connectivity index (χ4v) is 3.49. The molecule has 1 aromatic carbocycles. The molecule has 0 bridgehead atoms. The second kappa shape index (κ2) is 5.38. The van der Waals surface area contributed by atoms with E-state index in [0.29, 0.717) is 0 Å². The first kappa shape index (κ1) is 13.5. The van der Waals surface area contributed by atoms with Crippen LogP contribution in [-0.4, -0.2) is 38.3 Å². The molecule has 6 nitrogen and oxygen atoms in total. The Bertz CT molecular complexity index is 634. The molecule has 1 aliphatic rings.